The lowest BCUT2D eigenvalue weighted by atomic mass is 10.3. The Hall–Kier alpha value is -0.170. The third kappa shape index (κ3) is 32.2. The first-order valence-electron chi connectivity index (χ1n) is 15.3. The van der Waals surface area contributed by atoms with Crippen LogP contribution in [0.1, 0.15) is 81.1 Å². The molecule has 0 bridgehead atoms. The first kappa shape index (κ1) is 49.2. The summed E-state index contributed by atoms with van der Waals surface area (Å²) in [6.45, 7) is 25.1. The summed E-state index contributed by atoms with van der Waals surface area (Å²) in [6, 6.07) is 5.44. The molecule has 0 aliphatic heterocycles. The summed E-state index contributed by atoms with van der Waals surface area (Å²) in [7, 11) is -6.36. The summed E-state index contributed by atoms with van der Waals surface area (Å²) < 4.78 is 43.9. The monoisotopic (exact) mass is 732 g/mol. The van der Waals surface area contributed by atoms with Gasteiger partial charge in [0.15, 0.2) is 0 Å². The van der Waals surface area contributed by atoms with Crippen molar-refractivity contribution in [1.82, 2.24) is 9.34 Å². The summed E-state index contributed by atoms with van der Waals surface area (Å²) in [5, 5.41) is 25.3. The molecule has 0 aromatic heterocycles. The van der Waals surface area contributed by atoms with Crippen LogP contribution in [0.2, 0.25) is 0 Å². The van der Waals surface area contributed by atoms with Gasteiger partial charge in [-0.2, -0.15) is 10.5 Å². The van der Waals surface area contributed by atoms with E-state index in [0.717, 1.165) is 0 Å². The summed E-state index contributed by atoms with van der Waals surface area (Å²) in [4.78, 5) is 0. The third-order valence-corrected chi connectivity index (χ3v) is 11.5. The van der Waals surface area contributed by atoms with Crippen LogP contribution in [0.25, 0.3) is 0 Å². The summed E-state index contributed by atoms with van der Waals surface area (Å²) in [5.41, 5.74) is 0. The van der Waals surface area contributed by atoms with E-state index < -0.39 is 30.5 Å². The molecule has 0 aromatic carbocycles. The van der Waals surface area contributed by atoms with Gasteiger partial charge in [-0.1, -0.05) is 12.2 Å². The van der Waals surface area contributed by atoms with E-state index in [1.54, 1.807) is 44.4 Å². The molecule has 0 aliphatic carbocycles. The van der Waals surface area contributed by atoms with Gasteiger partial charge in [0.2, 0.25) is 7.65 Å². The van der Waals surface area contributed by atoms with Crippen LogP contribution in [-0.2, 0) is 22.7 Å². The van der Waals surface area contributed by atoms with E-state index in [0.29, 0.717) is 69.7 Å². The lowest BCUT2D eigenvalue weighted by Gasteiger charge is -2.35. The summed E-state index contributed by atoms with van der Waals surface area (Å²) in [5.74, 6) is 3.43. The molecule has 0 spiro atoms. The van der Waals surface area contributed by atoms with Crippen molar-refractivity contribution < 1.29 is 27.8 Å². The number of hydrogen-bond donors (Lipinski definition) is 1. The van der Waals surface area contributed by atoms with Crippen LogP contribution < -0.4 is 0 Å². The number of aliphatic hydroxyl groups is 1. The van der Waals surface area contributed by atoms with Gasteiger partial charge in [-0.25, -0.2) is 9.34 Å². The highest BCUT2D eigenvalue weighted by molar-refractivity contribution is 7.78. The first-order valence-corrected chi connectivity index (χ1v) is 23.8. The molecule has 10 nitrogen and oxygen atoms in total. The number of aliphatic hydroxyl groups excluding tert-OH is 1. The van der Waals surface area contributed by atoms with Crippen LogP contribution in [0.4, 0.5) is 0 Å². The minimum Gasteiger partial charge on any atom is -0.396 e. The first-order chi connectivity index (χ1) is 20.7. The Balaban J connectivity index is -0.000000653. The Morgan fingerprint density at radius 2 is 1.09 bits per heavy atom. The molecule has 0 aliphatic rings. The largest absolute Gasteiger partial charge is 0.396 e. The fourth-order valence-corrected chi connectivity index (χ4v) is 8.71. The smallest absolute Gasteiger partial charge is 0.259 e. The number of nitrogens with zero attached hydrogens (tertiary/aromatic N) is 4. The van der Waals surface area contributed by atoms with Gasteiger partial charge in [0.25, 0.3) is 8.53 Å². The van der Waals surface area contributed by atoms with Crippen molar-refractivity contribution in [3.8, 4) is 12.1 Å². The van der Waals surface area contributed by atoms with Crippen molar-refractivity contribution in [1.29, 1.82) is 10.5 Å². The normalized spacial score (nSPS) is 13.7. The fourth-order valence-electron chi connectivity index (χ4n) is 3.44. The van der Waals surface area contributed by atoms with Crippen molar-refractivity contribution in [2.24, 2.45) is 0 Å². The van der Waals surface area contributed by atoms with Gasteiger partial charge in [-0.15, -0.1) is 0 Å². The highest BCUT2D eigenvalue weighted by Gasteiger charge is 2.27. The van der Waals surface area contributed by atoms with E-state index in [4.69, 9.17) is 40.4 Å². The summed E-state index contributed by atoms with van der Waals surface area (Å²) in [6.07, 6.45) is 5.72. The molecule has 0 saturated carbocycles. The molecular formula is C30H61ClN4O6P4. The predicted molar refractivity (Wildman–Crippen MR) is 196 cm³/mol. The topological polar surface area (TPSA) is 136 Å². The lowest BCUT2D eigenvalue weighted by molar-refractivity contribution is 0.178. The highest BCUT2D eigenvalue weighted by Crippen LogP contribution is 2.49. The van der Waals surface area contributed by atoms with E-state index in [1.165, 1.54) is 0 Å². The Morgan fingerprint density at radius 3 is 1.44 bits per heavy atom. The third-order valence-electron chi connectivity index (χ3n) is 5.02. The van der Waals surface area contributed by atoms with E-state index in [2.05, 4.69) is 70.8 Å². The quantitative estimate of drug-likeness (QED) is 0.0951. The Bertz CT molecular complexity index is 958. The maximum absolute atomic E-state index is 11.6. The second-order valence-corrected chi connectivity index (χ2v) is 21.7. The standard InChI is InChI=1S/C15H30N2O3P2.C9H18ClN2OP.C6H13O2P/c1-14(2)17(15(3)4)21(20-12-9-10-16)19-11-7-8-13-22(5,6)18;1-8(2)12(9(3)4)14(10)13-7-5-6-11;1-9(2,8)6-4-3-5-7/h8,13-15H,7,9,11-12H2,1-6H3;8-9H,5,7H2,1-4H3;4,6-7H,3,5H2,1-2H3/b13-8+;;6-4+. The van der Waals surface area contributed by atoms with E-state index >= 15 is 0 Å². The van der Waals surface area contributed by atoms with Crippen molar-refractivity contribution in [3.63, 3.8) is 0 Å². The molecule has 15 heteroatoms. The molecule has 2 atom stereocenters. The van der Waals surface area contributed by atoms with Crippen LogP contribution >= 0.6 is 41.7 Å². The predicted octanol–water partition coefficient (Wildman–Crippen LogP) is 9.81. The average Bonchev–Trinajstić information content (AvgIpc) is 2.87. The number of nitriles is 2. The summed E-state index contributed by atoms with van der Waals surface area (Å²) >= 11 is 6.13. The van der Waals surface area contributed by atoms with Crippen LogP contribution in [0, 0.1) is 22.7 Å². The van der Waals surface area contributed by atoms with Crippen molar-refractivity contribution in [3.05, 3.63) is 23.8 Å². The van der Waals surface area contributed by atoms with Gasteiger partial charge in [0.05, 0.1) is 44.8 Å². The maximum Gasteiger partial charge on any atom is 0.259 e. The molecular weight excluding hydrogens is 672 g/mol. The second-order valence-electron chi connectivity index (χ2n) is 11.9. The molecule has 0 heterocycles. The van der Waals surface area contributed by atoms with Crippen molar-refractivity contribution >= 4 is 41.7 Å². The number of halogens is 1. The zero-order chi connectivity index (χ0) is 35.6. The van der Waals surface area contributed by atoms with E-state index in [-0.39, 0.29) is 6.61 Å². The molecule has 1 N–H and O–H groups in total. The number of rotatable bonds is 20. The minimum absolute atomic E-state index is 0.135. The number of hydrogen-bond acceptors (Lipinski definition) is 10. The van der Waals surface area contributed by atoms with Crippen molar-refractivity contribution in [2.45, 2.75) is 105 Å². The minimum atomic E-state index is -2.11. The molecule has 45 heavy (non-hydrogen) atoms. The van der Waals surface area contributed by atoms with Gasteiger partial charge in [0, 0.05) is 30.8 Å². The van der Waals surface area contributed by atoms with Crippen LogP contribution in [0.5, 0.6) is 0 Å². The van der Waals surface area contributed by atoms with Gasteiger partial charge >= 0.3 is 0 Å². The molecule has 0 amide bonds. The maximum atomic E-state index is 11.6. The van der Waals surface area contributed by atoms with E-state index in [1.807, 2.05) is 12.1 Å². The van der Waals surface area contributed by atoms with Crippen molar-refractivity contribution in [2.75, 3.05) is 53.1 Å². The highest BCUT2D eigenvalue weighted by atomic mass is 35.7. The second kappa shape index (κ2) is 28.8. The molecule has 264 valence electrons. The van der Waals surface area contributed by atoms with E-state index in [9.17, 15) is 9.13 Å². The SMILES string of the molecule is CC(C)N(C(C)C)P(Cl)OCCC#N.CC(C)N(C(C)C)P(OCCC#N)OCC/C=C/P(C)(C)=O.CP(C)(=O)/C=C/CCO. The Kier molecular flexibility index (Phi) is 31.5. The van der Waals surface area contributed by atoms with Gasteiger partial charge < -0.3 is 27.8 Å². The van der Waals surface area contributed by atoms with Crippen LogP contribution in [-0.4, -0.2) is 91.7 Å². The molecule has 0 saturated heterocycles. The molecule has 0 fully saturated rings. The van der Waals surface area contributed by atoms with Crippen LogP contribution in [0.3, 0.4) is 0 Å². The van der Waals surface area contributed by atoms with Gasteiger partial charge in [0.1, 0.15) is 14.3 Å². The average molecular weight is 733 g/mol. The van der Waals surface area contributed by atoms with Crippen LogP contribution in [0.15, 0.2) is 23.8 Å². The molecule has 0 radical (unpaired) electrons. The Labute approximate surface area is 282 Å². The fraction of sp³-hybridized carbons (Fsp3) is 0.800. The lowest BCUT2D eigenvalue weighted by Crippen LogP contribution is -2.33. The molecule has 0 aromatic rings. The van der Waals surface area contributed by atoms with Gasteiger partial charge in [-0.05, 0) is 118 Å². The molecule has 0 rings (SSSR count). The zero-order valence-corrected chi connectivity index (χ0v) is 34.1. The molecule has 2 unspecified atom stereocenters. The Morgan fingerprint density at radius 1 is 0.711 bits per heavy atom. The zero-order valence-electron chi connectivity index (χ0n) is 29.7. The van der Waals surface area contributed by atoms with Gasteiger partial charge in [-0.3, -0.25) is 0 Å².